The number of fused-ring (bicyclic) bond motifs is 1. The van der Waals surface area contributed by atoms with E-state index in [-0.39, 0.29) is 10.8 Å². The van der Waals surface area contributed by atoms with Crippen molar-refractivity contribution in [1.82, 2.24) is 0 Å². The van der Waals surface area contributed by atoms with Gasteiger partial charge in [-0.05, 0) is 71.0 Å². The first-order chi connectivity index (χ1) is 13.6. The van der Waals surface area contributed by atoms with Crippen molar-refractivity contribution in [3.8, 4) is 5.75 Å². The lowest BCUT2D eigenvalue weighted by molar-refractivity contribution is 0.0697. The van der Waals surface area contributed by atoms with Gasteiger partial charge in [0.05, 0.1) is 12.2 Å². The lowest BCUT2D eigenvalue weighted by atomic mass is 9.63. The number of hydrogen-bond acceptors (Lipinski definition) is 2. The van der Waals surface area contributed by atoms with Gasteiger partial charge in [-0.25, -0.2) is 4.79 Å². The van der Waals surface area contributed by atoms with Gasteiger partial charge < -0.3 is 9.84 Å². The van der Waals surface area contributed by atoms with E-state index in [1.807, 2.05) is 18.2 Å². The summed E-state index contributed by atoms with van der Waals surface area (Å²) < 4.78 is 6.12. The SMILES string of the molecule is CCCOc1cc2c(cc1C=Cc1ccc(C(=O)O)cc1)C(C)(C)CCC2(C)C. The van der Waals surface area contributed by atoms with Crippen LogP contribution in [-0.2, 0) is 10.8 Å². The van der Waals surface area contributed by atoms with Crippen molar-refractivity contribution in [2.24, 2.45) is 0 Å². The molecule has 0 saturated heterocycles. The molecule has 1 N–H and O–H groups in total. The number of ether oxygens (including phenoxy) is 1. The van der Waals surface area contributed by atoms with Crippen molar-refractivity contribution in [1.29, 1.82) is 0 Å². The van der Waals surface area contributed by atoms with E-state index in [9.17, 15) is 4.79 Å². The third-order valence-corrected chi connectivity index (χ3v) is 6.06. The van der Waals surface area contributed by atoms with Crippen molar-refractivity contribution >= 4 is 18.1 Å². The maximum atomic E-state index is 11.1. The Balaban J connectivity index is 2.03. The minimum absolute atomic E-state index is 0.139. The molecule has 0 spiro atoms. The Labute approximate surface area is 174 Å². The molecule has 1 aliphatic rings. The van der Waals surface area contributed by atoms with Crippen LogP contribution < -0.4 is 4.74 Å². The molecular weight excluding hydrogens is 360 g/mol. The maximum absolute atomic E-state index is 11.1. The molecule has 3 heteroatoms. The molecule has 0 saturated carbocycles. The van der Waals surface area contributed by atoms with Crippen molar-refractivity contribution in [3.63, 3.8) is 0 Å². The quantitative estimate of drug-likeness (QED) is 0.557. The second-order valence-electron chi connectivity index (χ2n) is 9.31. The van der Waals surface area contributed by atoms with Gasteiger partial charge in [-0.1, -0.05) is 58.9 Å². The summed E-state index contributed by atoms with van der Waals surface area (Å²) in [5.41, 5.74) is 5.41. The lowest BCUT2D eigenvalue weighted by Gasteiger charge is -2.42. The standard InChI is InChI=1S/C26H32O3/c1-6-15-29-23-17-22-21(25(2,3)13-14-26(22,4)5)16-20(23)12-9-18-7-10-19(11-8-18)24(27)28/h7-12,16-17H,6,13-15H2,1-5H3,(H,27,28). The molecule has 0 fully saturated rings. The summed E-state index contributed by atoms with van der Waals surface area (Å²) in [6, 6.07) is 11.5. The van der Waals surface area contributed by atoms with Crippen LogP contribution >= 0.6 is 0 Å². The average molecular weight is 393 g/mol. The molecule has 1 aliphatic carbocycles. The van der Waals surface area contributed by atoms with Crippen LogP contribution in [0.3, 0.4) is 0 Å². The molecule has 0 amide bonds. The zero-order chi connectivity index (χ0) is 21.2. The van der Waals surface area contributed by atoms with Crippen LogP contribution in [0.5, 0.6) is 5.75 Å². The fourth-order valence-electron chi connectivity index (χ4n) is 4.00. The Morgan fingerprint density at radius 2 is 1.59 bits per heavy atom. The predicted octanol–water partition coefficient (Wildman–Crippen LogP) is 6.69. The molecule has 2 aromatic rings. The predicted molar refractivity (Wildman–Crippen MR) is 120 cm³/mol. The molecule has 0 aliphatic heterocycles. The third-order valence-electron chi connectivity index (χ3n) is 6.06. The van der Waals surface area contributed by atoms with Crippen LogP contribution in [0.2, 0.25) is 0 Å². The van der Waals surface area contributed by atoms with Crippen molar-refractivity contribution in [2.75, 3.05) is 6.61 Å². The number of hydrogen-bond donors (Lipinski definition) is 1. The number of carbonyl (C=O) groups is 1. The molecule has 0 atom stereocenters. The second kappa shape index (κ2) is 8.06. The Kier molecular flexibility index (Phi) is 5.88. The second-order valence-corrected chi connectivity index (χ2v) is 9.31. The first kappa shape index (κ1) is 21.2. The number of carboxylic acid groups (broad SMARTS) is 1. The van der Waals surface area contributed by atoms with E-state index in [0.717, 1.165) is 23.3 Å². The summed E-state index contributed by atoms with van der Waals surface area (Å²) in [4.78, 5) is 11.1. The molecule has 154 valence electrons. The van der Waals surface area contributed by atoms with Crippen molar-refractivity contribution in [3.05, 3.63) is 64.2 Å². The minimum atomic E-state index is -0.907. The van der Waals surface area contributed by atoms with E-state index >= 15 is 0 Å². The van der Waals surface area contributed by atoms with Crippen molar-refractivity contribution in [2.45, 2.75) is 64.7 Å². The van der Waals surface area contributed by atoms with E-state index in [1.165, 1.54) is 24.0 Å². The highest BCUT2D eigenvalue weighted by atomic mass is 16.5. The van der Waals surface area contributed by atoms with Gasteiger partial charge in [-0.15, -0.1) is 0 Å². The van der Waals surface area contributed by atoms with Gasteiger partial charge in [0, 0.05) is 5.56 Å². The highest BCUT2D eigenvalue weighted by Crippen LogP contribution is 2.47. The van der Waals surface area contributed by atoms with Crippen LogP contribution in [0.25, 0.3) is 12.2 Å². The molecule has 0 radical (unpaired) electrons. The van der Waals surface area contributed by atoms with Gasteiger partial charge in [0.1, 0.15) is 5.75 Å². The summed E-state index contributed by atoms with van der Waals surface area (Å²) >= 11 is 0. The number of carboxylic acids is 1. The smallest absolute Gasteiger partial charge is 0.335 e. The van der Waals surface area contributed by atoms with Crippen molar-refractivity contribution < 1.29 is 14.6 Å². The Bertz CT molecular complexity index is 918. The monoisotopic (exact) mass is 392 g/mol. The molecular formula is C26H32O3. The topological polar surface area (TPSA) is 46.5 Å². The van der Waals surface area contributed by atoms with E-state index in [1.54, 1.807) is 12.1 Å². The van der Waals surface area contributed by atoms with Gasteiger partial charge >= 0.3 is 5.97 Å². The highest BCUT2D eigenvalue weighted by Gasteiger charge is 2.37. The summed E-state index contributed by atoms with van der Waals surface area (Å²) in [5, 5.41) is 9.07. The molecule has 3 nitrogen and oxygen atoms in total. The van der Waals surface area contributed by atoms with Gasteiger partial charge in [-0.3, -0.25) is 0 Å². The highest BCUT2D eigenvalue weighted by molar-refractivity contribution is 5.88. The molecule has 0 aromatic heterocycles. The summed E-state index contributed by atoms with van der Waals surface area (Å²) in [6.45, 7) is 12.1. The van der Waals surface area contributed by atoms with Gasteiger partial charge in [0.2, 0.25) is 0 Å². The zero-order valence-corrected chi connectivity index (χ0v) is 18.2. The van der Waals surface area contributed by atoms with Crippen LogP contribution in [0.4, 0.5) is 0 Å². The molecule has 0 heterocycles. The fourth-order valence-corrected chi connectivity index (χ4v) is 4.00. The first-order valence-electron chi connectivity index (χ1n) is 10.5. The minimum Gasteiger partial charge on any atom is -0.493 e. The largest absolute Gasteiger partial charge is 0.493 e. The Morgan fingerprint density at radius 3 is 2.14 bits per heavy atom. The van der Waals surface area contributed by atoms with E-state index < -0.39 is 5.97 Å². The third kappa shape index (κ3) is 4.55. The van der Waals surface area contributed by atoms with E-state index in [0.29, 0.717) is 12.2 Å². The molecule has 0 unspecified atom stereocenters. The van der Waals surface area contributed by atoms with Crippen LogP contribution in [-0.4, -0.2) is 17.7 Å². The van der Waals surface area contributed by atoms with Gasteiger partial charge in [0.15, 0.2) is 0 Å². The zero-order valence-electron chi connectivity index (χ0n) is 18.2. The van der Waals surface area contributed by atoms with Crippen LogP contribution in [0.15, 0.2) is 36.4 Å². The number of benzene rings is 2. The Hall–Kier alpha value is -2.55. The molecule has 3 rings (SSSR count). The molecule has 2 aromatic carbocycles. The first-order valence-corrected chi connectivity index (χ1v) is 10.5. The summed E-state index contributed by atoms with van der Waals surface area (Å²) in [5.74, 6) is 0.0186. The summed E-state index contributed by atoms with van der Waals surface area (Å²) in [6.07, 6.45) is 7.41. The average Bonchev–Trinajstić information content (AvgIpc) is 2.68. The fraction of sp³-hybridized carbons (Fsp3) is 0.423. The Morgan fingerprint density at radius 1 is 1.00 bits per heavy atom. The van der Waals surface area contributed by atoms with Crippen LogP contribution in [0, 0.1) is 0 Å². The number of aromatic carboxylic acids is 1. The molecule has 29 heavy (non-hydrogen) atoms. The van der Waals surface area contributed by atoms with E-state index in [2.05, 4.69) is 52.8 Å². The summed E-state index contributed by atoms with van der Waals surface area (Å²) in [7, 11) is 0. The van der Waals surface area contributed by atoms with Gasteiger partial charge in [0.25, 0.3) is 0 Å². The van der Waals surface area contributed by atoms with E-state index in [4.69, 9.17) is 9.84 Å². The van der Waals surface area contributed by atoms with Crippen LogP contribution in [0.1, 0.15) is 86.5 Å². The normalized spacial score (nSPS) is 17.1. The molecule has 0 bridgehead atoms. The lowest BCUT2D eigenvalue weighted by Crippen LogP contribution is -2.34. The maximum Gasteiger partial charge on any atom is 0.335 e. The van der Waals surface area contributed by atoms with Gasteiger partial charge in [-0.2, -0.15) is 0 Å². The number of rotatable bonds is 6.